The number of esters is 2. The number of carbonyl (C=O) groups is 2. The second-order valence-electron chi connectivity index (χ2n) is 18.2. The molecule has 2 aliphatic heterocycles. The van der Waals surface area contributed by atoms with Gasteiger partial charge in [-0.2, -0.15) is 9.29 Å². The van der Waals surface area contributed by atoms with Gasteiger partial charge in [0.15, 0.2) is 6.10 Å². The number of nitrogens with zero attached hydrogens (tertiary/aromatic N) is 2. The summed E-state index contributed by atoms with van der Waals surface area (Å²) in [4.78, 5) is 64.1. The summed E-state index contributed by atoms with van der Waals surface area (Å²) >= 11 is 0. The van der Waals surface area contributed by atoms with Gasteiger partial charge in [0.25, 0.3) is 0 Å². The maximum atomic E-state index is 13.3. The van der Waals surface area contributed by atoms with Gasteiger partial charge in [-0.3, -0.25) is 23.2 Å². The summed E-state index contributed by atoms with van der Waals surface area (Å²) in [5.74, 6) is -3.30. The van der Waals surface area contributed by atoms with Gasteiger partial charge < -0.3 is 55.3 Å². The number of cyclic esters (lactones) is 1. The lowest BCUT2D eigenvalue weighted by atomic mass is 9.82. The number of aliphatic hydroxyl groups excluding tert-OH is 5. The molecular weight excluding hydrogens is 932 g/mol. The Morgan fingerprint density at radius 1 is 0.897 bits per heavy atom. The van der Waals surface area contributed by atoms with E-state index in [0.717, 1.165) is 55.9 Å². The van der Waals surface area contributed by atoms with E-state index in [4.69, 9.17) is 29.0 Å². The van der Waals surface area contributed by atoms with Crippen LogP contribution in [0.1, 0.15) is 155 Å². The van der Waals surface area contributed by atoms with Gasteiger partial charge in [0.1, 0.15) is 30.9 Å². The smallest absolute Gasteiger partial charge is 0.462 e. The molecular formula is C45H79N3O18P2. The molecule has 0 spiro atoms. The van der Waals surface area contributed by atoms with E-state index in [0.29, 0.717) is 50.9 Å². The molecule has 1 aromatic heterocycles. The maximum Gasteiger partial charge on any atom is 0.481 e. The lowest BCUT2D eigenvalue weighted by Crippen LogP contribution is -2.52. The van der Waals surface area contributed by atoms with Crippen molar-refractivity contribution in [2.75, 3.05) is 25.6 Å². The molecule has 2 aliphatic rings. The van der Waals surface area contributed by atoms with Crippen molar-refractivity contribution in [2.45, 2.75) is 198 Å². The van der Waals surface area contributed by atoms with Gasteiger partial charge in [-0.15, -0.1) is 0 Å². The number of carbonyl (C=O) groups excluding carboxylic acids is 2. The number of aliphatic hydroxyl groups is 5. The van der Waals surface area contributed by atoms with Crippen molar-refractivity contribution < 1.29 is 81.6 Å². The Bertz CT molecular complexity index is 1820. The van der Waals surface area contributed by atoms with Gasteiger partial charge >= 0.3 is 33.3 Å². The normalized spacial score (nSPS) is 32.1. The number of aromatic nitrogens is 2. The number of nitrogen functional groups attached to an aromatic ring is 1. The second-order valence-corrected chi connectivity index (χ2v) is 21.2. The van der Waals surface area contributed by atoms with E-state index in [2.05, 4.69) is 23.1 Å². The van der Waals surface area contributed by atoms with E-state index >= 15 is 0 Å². The van der Waals surface area contributed by atoms with Crippen LogP contribution in [0.4, 0.5) is 5.82 Å². The van der Waals surface area contributed by atoms with Crippen LogP contribution in [0.5, 0.6) is 0 Å². The molecule has 3 unspecified atom stereocenters. The van der Waals surface area contributed by atoms with Crippen LogP contribution in [0, 0.1) is 17.8 Å². The molecule has 13 atom stereocenters. The summed E-state index contributed by atoms with van der Waals surface area (Å²) in [7, 11) is -11.3. The molecule has 3 heterocycles. The highest BCUT2D eigenvalue weighted by molar-refractivity contribution is 7.61. The molecule has 0 aromatic carbocycles. The molecule has 2 bridgehead atoms. The highest BCUT2D eigenvalue weighted by Gasteiger charge is 2.45. The fourth-order valence-electron chi connectivity index (χ4n) is 8.19. The van der Waals surface area contributed by atoms with Gasteiger partial charge in [-0.25, -0.2) is 13.9 Å². The first kappa shape index (κ1) is 59.7. The molecule has 0 saturated carbocycles. The number of nitrogens with two attached hydrogens (primary N) is 1. The molecule has 2 fully saturated rings. The van der Waals surface area contributed by atoms with Gasteiger partial charge in [-0.05, 0) is 37.7 Å². The summed E-state index contributed by atoms with van der Waals surface area (Å²) in [5, 5.41) is 57.4. The van der Waals surface area contributed by atoms with E-state index < -0.39 is 120 Å². The molecule has 2 saturated heterocycles. The first-order valence-corrected chi connectivity index (χ1v) is 27.3. The molecule has 0 amide bonds. The number of hydrogen-bond acceptors (Lipinski definition) is 18. The Hall–Kier alpha value is -2.62. The molecule has 0 radical (unpaired) electrons. The maximum absolute atomic E-state index is 13.3. The number of anilines is 1. The van der Waals surface area contributed by atoms with E-state index in [-0.39, 0.29) is 25.1 Å². The van der Waals surface area contributed by atoms with Gasteiger partial charge in [0.05, 0.1) is 37.6 Å². The summed E-state index contributed by atoms with van der Waals surface area (Å²) < 4.78 is 59.0. The number of unbranched alkanes of at least 4 members (excludes halogenated alkanes) is 7. The molecule has 23 heteroatoms. The van der Waals surface area contributed by atoms with Crippen molar-refractivity contribution in [3.63, 3.8) is 0 Å². The number of ether oxygens (including phenoxy) is 3. The van der Waals surface area contributed by atoms with Crippen molar-refractivity contribution in [3.8, 4) is 0 Å². The number of hydrogen-bond donors (Lipinski definition) is 8. The number of rotatable bonds is 18. The van der Waals surface area contributed by atoms with Crippen LogP contribution in [-0.2, 0) is 46.3 Å². The highest BCUT2D eigenvalue weighted by Crippen LogP contribution is 2.60. The number of fused-ring (bicyclic) bond motifs is 3. The van der Waals surface area contributed by atoms with Crippen LogP contribution in [-0.4, -0.2) is 119 Å². The van der Waals surface area contributed by atoms with Crippen LogP contribution in [0.15, 0.2) is 29.2 Å². The molecule has 9 N–H and O–H groups in total. The minimum absolute atomic E-state index is 0.00723. The zero-order valence-corrected chi connectivity index (χ0v) is 41.7. The fourth-order valence-corrected chi connectivity index (χ4v) is 10.3. The molecule has 68 heavy (non-hydrogen) atoms. The summed E-state index contributed by atoms with van der Waals surface area (Å²) in [5.41, 5.74) is 4.80. The van der Waals surface area contributed by atoms with Crippen LogP contribution in [0.3, 0.4) is 0 Å². The van der Waals surface area contributed by atoms with Crippen LogP contribution < -0.4 is 11.4 Å². The Balaban J connectivity index is 1.91. The van der Waals surface area contributed by atoms with Crippen molar-refractivity contribution in [1.82, 2.24) is 9.55 Å². The van der Waals surface area contributed by atoms with Crippen LogP contribution in [0.2, 0.25) is 0 Å². The monoisotopic (exact) mass is 1010 g/mol. The Kier molecular flexibility index (Phi) is 27.2. The third kappa shape index (κ3) is 22.2. The number of phosphoric ester groups is 2. The van der Waals surface area contributed by atoms with E-state index in [1.54, 1.807) is 0 Å². The number of phosphoric acid groups is 2. The van der Waals surface area contributed by atoms with Crippen molar-refractivity contribution in [1.29, 1.82) is 0 Å². The Labute approximate surface area is 400 Å². The minimum atomic E-state index is -5.69. The zero-order chi connectivity index (χ0) is 50.3. The second kappa shape index (κ2) is 31.0. The summed E-state index contributed by atoms with van der Waals surface area (Å²) in [6.45, 7) is 3.73. The predicted octanol–water partition coefficient (Wildman–Crippen LogP) is 5.51. The van der Waals surface area contributed by atoms with Crippen molar-refractivity contribution >= 4 is 33.4 Å². The lowest BCUT2D eigenvalue weighted by molar-refractivity contribution is -0.195. The van der Waals surface area contributed by atoms with Gasteiger partial charge in [0, 0.05) is 37.3 Å². The van der Waals surface area contributed by atoms with Crippen LogP contribution >= 0.6 is 15.6 Å². The molecule has 392 valence electrons. The van der Waals surface area contributed by atoms with E-state index in [9.17, 15) is 58.8 Å². The quantitative estimate of drug-likeness (QED) is 0.0389. The van der Waals surface area contributed by atoms with Crippen LogP contribution in [0.25, 0.3) is 0 Å². The topological polar surface area (TPSA) is 326 Å². The molecule has 3 rings (SSSR count). The predicted molar refractivity (Wildman–Crippen MR) is 249 cm³/mol. The summed E-state index contributed by atoms with van der Waals surface area (Å²) in [6, 6.07) is 1.26. The lowest BCUT2D eigenvalue weighted by Gasteiger charge is -2.41. The van der Waals surface area contributed by atoms with Gasteiger partial charge in [-0.1, -0.05) is 116 Å². The Morgan fingerprint density at radius 2 is 1.56 bits per heavy atom. The third-order valence-corrected chi connectivity index (χ3v) is 15.1. The standard InChI is InChI=1S/C45H79N3O18P2/c1-4-6-13-19-32(49)23-24-34-36(50)27-37(51)35-20-15-11-12-16-21-40(52)61-28-33(64-41(53)22-17-10-8-7-9-14-18-31(3)5-2)29-62-67(57,58)66-68(59,60)63-30-38(43(55)42(34)54)65-44(35)48-26-25-39(46)47-45(48)56/h23-26,31-38,42-44,49-51,54-55H,4-22,27-30H2,1-3H3,(H,57,58)(H,59,60)(H2,46,47,56)/b24-23+/t31?,32-,33+,34-,35-,36+,37-,38+,42-,43+,44+/m0/s1. The SMILES string of the molecule is CCCCC[C@H](O)/C=C/[C@@H]1[C@H](O)[C@H](O)[C@H]2COP(=O)(O)OP(=O)(O)OC[C@H](OC(=O)CCCCCCCCC(C)CC)COC(=O)CCCCCC[C@H]([C@H](n3ccc(N)nc3=O)O2)[C@@H](O)C[C@H]1O. The van der Waals surface area contributed by atoms with Gasteiger partial charge in [0.2, 0.25) is 0 Å². The average molecular weight is 1010 g/mol. The average Bonchev–Trinajstić information content (AvgIpc) is 3.27. The van der Waals surface area contributed by atoms with Crippen molar-refractivity contribution in [3.05, 3.63) is 34.9 Å². The third-order valence-electron chi connectivity index (χ3n) is 12.5. The molecule has 0 aliphatic carbocycles. The Morgan fingerprint density at radius 3 is 2.25 bits per heavy atom. The fraction of sp³-hybridized carbons (Fsp3) is 0.822. The summed E-state index contributed by atoms with van der Waals surface area (Å²) in [6.07, 6.45) is 2.67. The largest absolute Gasteiger partial charge is 0.481 e. The highest BCUT2D eigenvalue weighted by atomic mass is 31.3. The molecule has 21 nitrogen and oxygen atoms in total. The van der Waals surface area contributed by atoms with Crippen molar-refractivity contribution in [2.24, 2.45) is 17.8 Å². The first-order chi connectivity index (χ1) is 32.3. The van der Waals surface area contributed by atoms with E-state index in [1.165, 1.54) is 30.8 Å². The zero-order valence-electron chi connectivity index (χ0n) is 39.9. The molecule has 1 aromatic rings. The first-order valence-electron chi connectivity index (χ1n) is 24.4. The minimum Gasteiger partial charge on any atom is -0.462 e. The van der Waals surface area contributed by atoms with E-state index in [1.807, 2.05) is 6.92 Å².